The summed E-state index contributed by atoms with van der Waals surface area (Å²) in [7, 11) is 0. The van der Waals surface area contributed by atoms with E-state index < -0.39 is 30.1 Å². The van der Waals surface area contributed by atoms with Crippen LogP contribution in [-0.4, -0.2) is 48.3 Å². The molecule has 2 rings (SSSR count). The average Bonchev–Trinajstić information content (AvgIpc) is 2.89. The van der Waals surface area contributed by atoms with E-state index in [-0.39, 0.29) is 32.6 Å². The molecule has 0 spiro atoms. The molecular formula is C26H33N3O7. The van der Waals surface area contributed by atoms with Gasteiger partial charge in [-0.15, -0.1) is 0 Å². The third-order valence-corrected chi connectivity index (χ3v) is 5.10. The van der Waals surface area contributed by atoms with Crippen molar-refractivity contribution in [1.29, 1.82) is 0 Å². The molecule has 1 unspecified atom stereocenters. The molecule has 2 aromatic rings. The second-order valence-electron chi connectivity index (χ2n) is 8.03. The summed E-state index contributed by atoms with van der Waals surface area (Å²) in [6.07, 6.45) is 0.539. The van der Waals surface area contributed by atoms with Crippen molar-refractivity contribution < 1.29 is 33.8 Å². The lowest BCUT2D eigenvalue weighted by atomic mass is 10.1. The molecule has 4 N–H and O–H groups in total. The van der Waals surface area contributed by atoms with Crippen molar-refractivity contribution >= 4 is 24.1 Å². The normalized spacial score (nSPS) is 11.1. The zero-order valence-corrected chi connectivity index (χ0v) is 20.1. The molecule has 10 nitrogen and oxygen atoms in total. The number of amides is 3. The van der Waals surface area contributed by atoms with Gasteiger partial charge in [-0.2, -0.15) is 0 Å². The molecule has 0 aliphatic carbocycles. The number of hydrogen-bond acceptors (Lipinski definition) is 6. The molecule has 0 radical (unpaired) electrons. The summed E-state index contributed by atoms with van der Waals surface area (Å²) in [5.74, 6) is -1.54. The lowest BCUT2D eigenvalue weighted by Crippen LogP contribution is -2.41. The number of nitrogens with one attached hydrogen (secondary N) is 3. The fraction of sp³-hybridized carbons (Fsp3) is 0.385. The molecule has 3 amide bonds. The van der Waals surface area contributed by atoms with Crippen molar-refractivity contribution in [3.63, 3.8) is 0 Å². The summed E-state index contributed by atoms with van der Waals surface area (Å²) in [6, 6.07) is 17.5. The van der Waals surface area contributed by atoms with Gasteiger partial charge in [-0.05, 0) is 36.8 Å². The van der Waals surface area contributed by atoms with Crippen molar-refractivity contribution in [3.8, 4) is 0 Å². The molecule has 36 heavy (non-hydrogen) atoms. The number of hydrogen-bond donors (Lipinski definition) is 4. The van der Waals surface area contributed by atoms with E-state index in [1.165, 1.54) is 0 Å². The number of unbranched alkanes of at least 4 members (excludes halogenated alkanes) is 1. The average molecular weight is 500 g/mol. The van der Waals surface area contributed by atoms with Gasteiger partial charge in [-0.25, -0.2) is 14.4 Å². The maximum atomic E-state index is 12.1. The fourth-order valence-electron chi connectivity index (χ4n) is 3.18. The van der Waals surface area contributed by atoms with Crippen LogP contribution in [-0.2, 0) is 32.3 Å². The van der Waals surface area contributed by atoms with Crippen LogP contribution in [0.3, 0.4) is 0 Å². The monoisotopic (exact) mass is 499 g/mol. The van der Waals surface area contributed by atoms with E-state index in [0.717, 1.165) is 11.1 Å². The summed E-state index contributed by atoms with van der Waals surface area (Å²) in [4.78, 5) is 47.0. The molecule has 0 aliphatic heterocycles. The largest absolute Gasteiger partial charge is 0.480 e. The standard InChI is InChI=1S/C26H33N3O7/c30-23(15-9-17-28-26(34)36-19-21-12-5-2-6-13-21)29-22(24(31)32)14-7-8-16-27-25(33)35-18-20-10-3-1-4-11-20/h1-6,10-13,22H,7-9,14-19H2,(H,27,33)(H,28,34)(H,29,30)(H,31,32). The number of carboxylic acid groups (broad SMARTS) is 1. The minimum atomic E-state index is -1.12. The molecular weight excluding hydrogens is 466 g/mol. The minimum Gasteiger partial charge on any atom is -0.480 e. The Labute approximate surface area is 210 Å². The van der Waals surface area contributed by atoms with Gasteiger partial charge in [-0.1, -0.05) is 60.7 Å². The topological polar surface area (TPSA) is 143 Å². The Balaban J connectivity index is 1.52. The highest BCUT2D eigenvalue weighted by atomic mass is 16.6. The zero-order chi connectivity index (χ0) is 26.0. The Bertz CT molecular complexity index is 955. The summed E-state index contributed by atoms with van der Waals surface area (Å²) >= 11 is 0. The van der Waals surface area contributed by atoms with E-state index in [4.69, 9.17) is 9.47 Å². The Morgan fingerprint density at radius 3 is 1.72 bits per heavy atom. The maximum Gasteiger partial charge on any atom is 0.407 e. The SMILES string of the molecule is O=C(CCCNC(=O)OCc1ccccc1)NC(CCCCNC(=O)OCc1ccccc1)C(=O)O. The number of aliphatic carboxylic acids is 1. The Kier molecular flexibility index (Phi) is 12.9. The highest BCUT2D eigenvalue weighted by Gasteiger charge is 2.19. The van der Waals surface area contributed by atoms with E-state index >= 15 is 0 Å². The summed E-state index contributed by atoms with van der Waals surface area (Å²) in [6.45, 7) is 0.882. The molecule has 0 aliphatic rings. The van der Waals surface area contributed by atoms with Crippen LogP contribution in [0.25, 0.3) is 0 Å². The van der Waals surface area contributed by atoms with Crippen molar-refractivity contribution in [2.75, 3.05) is 13.1 Å². The molecule has 10 heteroatoms. The van der Waals surface area contributed by atoms with Gasteiger partial charge in [0.2, 0.25) is 5.91 Å². The van der Waals surface area contributed by atoms with Crippen molar-refractivity contribution in [1.82, 2.24) is 16.0 Å². The molecule has 194 valence electrons. The quantitative estimate of drug-likeness (QED) is 0.275. The van der Waals surface area contributed by atoms with Gasteiger partial charge in [0.05, 0.1) is 0 Å². The molecule has 2 aromatic carbocycles. The fourth-order valence-corrected chi connectivity index (χ4v) is 3.18. The van der Waals surface area contributed by atoms with Crippen LogP contribution in [0.15, 0.2) is 60.7 Å². The van der Waals surface area contributed by atoms with Crippen LogP contribution in [0, 0.1) is 0 Å². The Hall–Kier alpha value is -4.08. The number of ether oxygens (including phenoxy) is 2. The first-order valence-corrected chi connectivity index (χ1v) is 11.9. The third-order valence-electron chi connectivity index (χ3n) is 5.10. The minimum absolute atomic E-state index is 0.0670. The maximum absolute atomic E-state index is 12.1. The molecule has 0 fully saturated rings. The first kappa shape index (κ1) is 28.2. The van der Waals surface area contributed by atoms with E-state index in [0.29, 0.717) is 25.8 Å². The van der Waals surface area contributed by atoms with Gasteiger partial charge in [0.1, 0.15) is 19.3 Å². The van der Waals surface area contributed by atoms with Crippen LogP contribution >= 0.6 is 0 Å². The highest BCUT2D eigenvalue weighted by Crippen LogP contribution is 2.04. The predicted octanol–water partition coefficient (Wildman–Crippen LogP) is 3.36. The Morgan fingerprint density at radius 1 is 0.722 bits per heavy atom. The molecule has 0 saturated heterocycles. The number of alkyl carbamates (subject to hydrolysis) is 2. The molecule has 1 atom stereocenters. The van der Waals surface area contributed by atoms with Gasteiger partial charge < -0.3 is 30.5 Å². The van der Waals surface area contributed by atoms with Crippen LogP contribution in [0.5, 0.6) is 0 Å². The zero-order valence-electron chi connectivity index (χ0n) is 20.1. The number of carbonyl (C=O) groups is 4. The van der Waals surface area contributed by atoms with Crippen molar-refractivity contribution in [2.24, 2.45) is 0 Å². The van der Waals surface area contributed by atoms with Crippen molar-refractivity contribution in [2.45, 2.75) is 51.4 Å². The lowest BCUT2D eigenvalue weighted by Gasteiger charge is -2.15. The number of benzene rings is 2. The summed E-state index contributed by atoms with van der Waals surface area (Å²) in [5, 5.41) is 17.0. The van der Waals surface area contributed by atoms with Gasteiger partial charge in [0, 0.05) is 19.5 Å². The van der Waals surface area contributed by atoms with Gasteiger partial charge in [0.25, 0.3) is 0 Å². The predicted molar refractivity (Wildman–Crippen MR) is 132 cm³/mol. The van der Waals surface area contributed by atoms with Crippen LogP contribution in [0.4, 0.5) is 9.59 Å². The summed E-state index contributed by atoms with van der Waals surface area (Å²) < 4.78 is 10.2. The number of rotatable bonds is 15. The smallest absolute Gasteiger partial charge is 0.407 e. The van der Waals surface area contributed by atoms with E-state index in [2.05, 4.69) is 16.0 Å². The van der Waals surface area contributed by atoms with E-state index in [1.807, 2.05) is 60.7 Å². The third kappa shape index (κ3) is 12.4. The molecule has 0 heterocycles. The molecule has 0 bridgehead atoms. The van der Waals surface area contributed by atoms with Crippen LogP contribution in [0.2, 0.25) is 0 Å². The summed E-state index contributed by atoms with van der Waals surface area (Å²) in [5.41, 5.74) is 1.75. The Morgan fingerprint density at radius 2 is 1.22 bits per heavy atom. The van der Waals surface area contributed by atoms with E-state index in [9.17, 15) is 24.3 Å². The molecule has 0 aromatic heterocycles. The lowest BCUT2D eigenvalue weighted by molar-refractivity contribution is -0.142. The number of carbonyl (C=O) groups excluding carboxylic acids is 3. The molecule has 0 saturated carbocycles. The van der Waals surface area contributed by atoms with Crippen molar-refractivity contribution in [3.05, 3.63) is 71.8 Å². The first-order valence-electron chi connectivity index (χ1n) is 11.9. The highest BCUT2D eigenvalue weighted by molar-refractivity contribution is 5.83. The second-order valence-corrected chi connectivity index (χ2v) is 8.03. The van der Waals surface area contributed by atoms with Crippen LogP contribution in [0.1, 0.15) is 43.2 Å². The second kappa shape index (κ2) is 16.5. The van der Waals surface area contributed by atoms with Crippen LogP contribution < -0.4 is 16.0 Å². The van der Waals surface area contributed by atoms with E-state index in [1.54, 1.807) is 0 Å². The van der Waals surface area contributed by atoms with Gasteiger partial charge >= 0.3 is 18.2 Å². The number of carboxylic acids is 1. The first-order chi connectivity index (χ1) is 17.4. The van der Waals surface area contributed by atoms with Gasteiger partial charge in [-0.3, -0.25) is 4.79 Å². The van der Waals surface area contributed by atoms with Gasteiger partial charge in [0.15, 0.2) is 0 Å².